The second-order valence-electron chi connectivity index (χ2n) is 12.5. The van der Waals surface area contributed by atoms with E-state index in [0.29, 0.717) is 73.7 Å². The minimum Gasteiger partial charge on any atom is -0.465 e. The molecule has 8 rings (SSSR count). The fourth-order valence-corrected chi connectivity index (χ4v) is 7.40. The number of rotatable bonds is 7. The molecule has 0 amide bonds. The van der Waals surface area contributed by atoms with Gasteiger partial charge in [0.2, 0.25) is 0 Å². The maximum atomic E-state index is 15.4. The number of aromatic nitrogens is 3. The number of anilines is 1. The number of benzene rings is 2. The number of carbonyl (C=O) groups is 1. The zero-order valence-electron chi connectivity index (χ0n) is 26.2. The van der Waals surface area contributed by atoms with Crippen LogP contribution in [0.5, 0.6) is 11.5 Å². The molecule has 0 aliphatic carbocycles. The van der Waals surface area contributed by atoms with Crippen molar-refractivity contribution in [1.29, 1.82) is 0 Å². The van der Waals surface area contributed by atoms with Gasteiger partial charge in [0.1, 0.15) is 17.0 Å². The molecule has 3 fully saturated rings. The van der Waals surface area contributed by atoms with Crippen LogP contribution in [0.1, 0.15) is 41.6 Å². The van der Waals surface area contributed by atoms with Crippen molar-refractivity contribution in [3.63, 3.8) is 0 Å². The van der Waals surface area contributed by atoms with Crippen LogP contribution in [0.3, 0.4) is 0 Å². The lowest BCUT2D eigenvalue weighted by Gasteiger charge is -2.44. The summed E-state index contributed by atoms with van der Waals surface area (Å²) in [6, 6.07) is 12.5. The molecule has 0 saturated carbocycles. The highest BCUT2D eigenvalue weighted by Crippen LogP contribution is 2.50. The van der Waals surface area contributed by atoms with Crippen molar-refractivity contribution in [3.05, 3.63) is 76.6 Å². The second kappa shape index (κ2) is 11.9. The summed E-state index contributed by atoms with van der Waals surface area (Å²) < 4.78 is 47.2. The molecule has 0 bridgehead atoms. The van der Waals surface area contributed by atoms with E-state index in [1.54, 1.807) is 18.3 Å². The Hall–Kier alpha value is -3.97. The van der Waals surface area contributed by atoms with Gasteiger partial charge < -0.3 is 33.2 Å². The van der Waals surface area contributed by atoms with Crippen molar-refractivity contribution in [2.75, 3.05) is 44.9 Å². The van der Waals surface area contributed by atoms with Crippen LogP contribution in [0.4, 0.5) is 10.1 Å². The summed E-state index contributed by atoms with van der Waals surface area (Å²) in [5.74, 6) is -0.202. The molecule has 4 atom stereocenters. The molecule has 47 heavy (non-hydrogen) atoms. The summed E-state index contributed by atoms with van der Waals surface area (Å²) in [4.78, 5) is 26.3. The monoisotopic (exact) mass is 663 g/mol. The number of esters is 1. The van der Waals surface area contributed by atoms with Crippen LogP contribution in [-0.2, 0) is 33.1 Å². The minimum absolute atomic E-state index is 0.00782. The molecule has 0 N–H and O–H groups in total. The number of fused-ring (bicyclic) bond motifs is 3. The number of ether oxygens (including phenoxy) is 5. The third-order valence-corrected chi connectivity index (χ3v) is 9.87. The fraction of sp³-hybridized carbons (Fsp3) is 0.441. The van der Waals surface area contributed by atoms with Crippen LogP contribution in [0.2, 0.25) is 5.02 Å². The summed E-state index contributed by atoms with van der Waals surface area (Å²) in [5, 5.41) is 0.539. The fourth-order valence-electron chi connectivity index (χ4n) is 7.29. The van der Waals surface area contributed by atoms with Crippen LogP contribution in [0, 0.1) is 5.82 Å². The van der Waals surface area contributed by atoms with E-state index in [-0.39, 0.29) is 29.3 Å². The molecule has 3 saturated heterocycles. The highest BCUT2D eigenvalue weighted by atomic mass is 35.5. The van der Waals surface area contributed by atoms with E-state index in [0.717, 1.165) is 24.4 Å². The predicted molar refractivity (Wildman–Crippen MR) is 170 cm³/mol. The van der Waals surface area contributed by atoms with Gasteiger partial charge in [0.15, 0.2) is 17.3 Å². The first-order chi connectivity index (χ1) is 22.8. The summed E-state index contributed by atoms with van der Waals surface area (Å²) in [6.45, 7) is 6.07. The number of halogens is 2. The van der Waals surface area contributed by atoms with Gasteiger partial charge in [-0.05, 0) is 49.2 Å². The molecular weight excluding hydrogens is 629 g/mol. The highest BCUT2D eigenvalue weighted by molar-refractivity contribution is 6.30. The van der Waals surface area contributed by atoms with Gasteiger partial charge in [0, 0.05) is 32.8 Å². The number of piperazine rings is 1. The zero-order chi connectivity index (χ0) is 32.3. The van der Waals surface area contributed by atoms with E-state index in [9.17, 15) is 4.79 Å². The van der Waals surface area contributed by atoms with Crippen molar-refractivity contribution in [2.24, 2.45) is 0 Å². The molecule has 0 radical (unpaired) electrons. The smallest absolute Gasteiger partial charge is 0.338 e. The SMILES string of the molecule is COC(=O)c1cc(F)c2nc(CN3CCN(c4cccc5c4OC(C)(c4ccc(Cl)cn4)O5)[C@H]4COC[C@H]43)n(C[C@@H]3CCCO3)c2c1. The Morgan fingerprint density at radius 1 is 1.15 bits per heavy atom. The number of carbonyl (C=O) groups excluding carboxylic acids is 1. The summed E-state index contributed by atoms with van der Waals surface area (Å²) in [5.41, 5.74) is 2.50. The van der Waals surface area contributed by atoms with E-state index in [1.165, 1.54) is 13.2 Å². The number of nitrogens with zero attached hydrogens (tertiary/aromatic N) is 5. The van der Waals surface area contributed by atoms with E-state index in [1.807, 2.05) is 29.7 Å². The average Bonchev–Trinajstić information content (AvgIpc) is 3.88. The Morgan fingerprint density at radius 3 is 2.81 bits per heavy atom. The largest absolute Gasteiger partial charge is 0.465 e. The van der Waals surface area contributed by atoms with E-state index in [4.69, 9.17) is 40.3 Å². The second-order valence-corrected chi connectivity index (χ2v) is 13.0. The van der Waals surface area contributed by atoms with Gasteiger partial charge in [-0.25, -0.2) is 14.2 Å². The Morgan fingerprint density at radius 2 is 2.02 bits per heavy atom. The van der Waals surface area contributed by atoms with Crippen molar-refractivity contribution in [1.82, 2.24) is 19.4 Å². The molecule has 4 aliphatic rings. The Labute approximate surface area is 276 Å². The van der Waals surface area contributed by atoms with Crippen LogP contribution >= 0.6 is 11.6 Å². The molecule has 1 unspecified atom stereocenters. The third-order valence-electron chi connectivity index (χ3n) is 9.64. The third kappa shape index (κ3) is 5.37. The lowest BCUT2D eigenvalue weighted by atomic mass is 10.0. The first-order valence-electron chi connectivity index (χ1n) is 15.9. The molecule has 6 heterocycles. The Bertz CT molecular complexity index is 1830. The van der Waals surface area contributed by atoms with E-state index in [2.05, 4.69) is 20.9 Å². The maximum Gasteiger partial charge on any atom is 0.338 e. The summed E-state index contributed by atoms with van der Waals surface area (Å²) in [7, 11) is 1.29. The number of pyridine rings is 1. The molecule has 4 aromatic rings. The molecular formula is C34H35ClFN5O6. The van der Waals surface area contributed by atoms with Crippen molar-refractivity contribution in [3.8, 4) is 11.5 Å². The van der Waals surface area contributed by atoms with Gasteiger partial charge >= 0.3 is 5.97 Å². The van der Waals surface area contributed by atoms with Crippen molar-refractivity contribution >= 4 is 34.3 Å². The van der Waals surface area contributed by atoms with Gasteiger partial charge in [0.05, 0.1) is 73.4 Å². The summed E-state index contributed by atoms with van der Waals surface area (Å²) in [6.07, 6.45) is 3.46. The quantitative estimate of drug-likeness (QED) is 0.253. The zero-order valence-corrected chi connectivity index (χ0v) is 26.9. The normalized spacial score (nSPS) is 25.4. The van der Waals surface area contributed by atoms with Crippen molar-refractivity contribution < 1.29 is 32.9 Å². The highest BCUT2D eigenvalue weighted by Gasteiger charge is 2.46. The molecule has 2 aromatic carbocycles. The molecule has 2 aromatic heterocycles. The van der Waals surface area contributed by atoms with Gasteiger partial charge in [-0.2, -0.15) is 0 Å². The number of hydrogen-bond donors (Lipinski definition) is 0. The summed E-state index contributed by atoms with van der Waals surface area (Å²) >= 11 is 6.08. The topological polar surface area (TPSA) is 100 Å². The van der Waals surface area contributed by atoms with Gasteiger partial charge in [0.25, 0.3) is 5.79 Å². The number of para-hydroxylation sites is 1. The first kappa shape index (κ1) is 30.4. The van der Waals surface area contributed by atoms with Crippen LogP contribution in [0.25, 0.3) is 11.0 Å². The van der Waals surface area contributed by atoms with Crippen LogP contribution in [-0.4, -0.2) is 83.6 Å². The maximum absolute atomic E-state index is 15.4. The number of hydrogen-bond acceptors (Lipinski definition) is 10. The molecule has 0 spiro atoms. The Balaban J connectivity index is 1.08. The molecule has 13 heteroatoms. The van der Waals surface area contributed by atoms with E-state index < -0.39 is 17.6 Å². The van der Waals surface area contributed by atoms with Gasteiger partial charge in [-0.15, -0.1) is 0 Å². The van der Waals surface area contributed by atoms with Gasteiger partial charge in [-0.3, -0.25) is 9.88 Å². The van der Waals surface area contributed by atoms with Crippen molar-refractivity contribution in [2.45, 2.75) is 56.8 Å². The van der Waals surface area contributed by atoms with Crippen LogP contribution < -0.4 is 14.4 Å². The number of methoxy groups -OCH3 is 1. The Kier molecular flexibility index (Phi) is 7.71. The molecule has 246 valence electrons. The lowest BCUT2D eigenvalue weighted by Crippen LogP contribution is -2.59. The number of imidazole rings is 1. The lowest BCUT2D eigenvalue weighted by molar-refractivity contribution is -0.0716. The standard InChI is InChI=1S/C34H35ClFN5O6/c1-34(29-9-8-21(35)15-37-29)46-28-7-3-6-24(32(28)47-34)40-11-10-39(26-18-44-19-27(26)40)17-30-38-31-23(36)13-20(33(42)43-2)14-25(31)41(30)16-22-5-4-12-45-22/h3,6-9,13-15,22,26-27H,4-5,10-12,16-19H2,1-2H3/t22-,26+,27-,34?/m0/s1. The first-order valence-corrected chi connectivity index (χ1v) is 16.3. The predicted octanol–water partition coefficient (Wildman–Crippen LogP) is 4.92. The molecule has 11 nitrogen and oxygen atoms in total. The van der Waals surface area contributed by atoms with Crippen LogP contribution in [0.15, 0.2) is 48.7 Å². The van der Waals surface area contributed by atoms with E-state index >= 15 is 4.39 Å². The molecule has 4 aliphatic heterocycles. The van der Waals surface area contributed by atoms with Gasteiger partial charge in [-0.1, -0.05) is 17.7 Å². The average molecular weight is 664 g/mol. The minimum atomic E-state index is -1.10.